The molecule has 0 spiro atoms. The number of methoxy groups -OCH3 is 1. The zero-order chi connectivity index (χ0) is 14.7. The number of nitrogens with one attached hydrogen (secondary N) is 1. The van der Waals surface area contributed by atoms with Crippen LogP contribution in [0.15, 0.2) is 36.4 Å². The molecule has 0 fully saturated rings. The van der Waals surface area contributed by atoms with E-state index in [2.05, 4.69) is 44.3 Å². The number of anilines is 1. The first-order valence-corrected chi connectivity index (χ1v) is 7.06. The Morgan fingerprint density at radius 1 is 1.05 bits per heavy atom. The van der Waals surface area contributed by atoms with Crippen LogP contribution in [0.25, 0.3) is 0 Å². The fourth-order valence-corrected chi connectivity index (χ4v) is 2.32. The van der Waals surface area contributed by atoms with Crippen molar-refractivity contribution in [3.05, 3.63) is 58.1 Å². The van der Waals surface area contributed by atoms with Gasteiger partial charge >= 0.3 is 0 Å². The molecule has 3 heteroatoms. The summed E-state index contributed by atoms with van der Waals surface area (Å²) in [6.45, 7) is 6.38. The van der Waals surface area contributed by atoms with Crippen LogP contribution >= 0.6 is 11.6 Å². The minimum Gasteiger partial charge on any atom is -0.495 e. The van der Waals surface area contributed by atoms with Crippen LogP contribution in [0.4, 0.5) is 5.69 Å². The summed E-state index contributed by atoms with van der Waals surface area (Å²) in [5, 5.41) is 4.15. The fraction of sp³-hybridized carbons (Fsp3) is 0.294. The van der Waals surface area contributed by atoms with E-state index in [4.69, 9.17) is 16.3 Å². The van der Waals surface area contributed by atoms with Gasteiger partial charge in [0.25, 0.3) is 0 Å². The lowest BCUT2D eigenvalue weighted by Crippen LogP contribution is -2.08. The molecule has 0 aromatic heterocycles. The third-order valence-corrected chi connectivity index (χ3v) is 3.80. The summed E-state index contributed by atoms with van der Waals surface area (Å²) < 4.78 is 5.36. The van der Waals surface area contributed by atoms with Crippen LogP contribution in [0.2, 0.25) is 5.02 Å². The normalized spacial score (nSPS) is 12.1. The highest BCUT2D eigenvalue weighted by Gasteiger charge is 2.10. The Hall–Kier alpha value is -1.67. The number of rotatable bonds is 4. The average Bonchev–Trinajstić information content (AvgIpc) is 2.42. The number of aryl methyl sites for hydroxylation is 2. The van der Waals surface area contributed by atoms with E-state index in [9.17, 15) is 0 Å². The second-order valence-corrected chi connectivity index (χ2v) is 5.49. The van der Waals surface area contributed by atoms with Crippen molar-refractivity contribution in [2.75, 3.05) is 12.4 Å². The van der Waals surface area contributed by atoms with E-state index in [1.54, 1.807) is 7.11 Å². The predicted octanol–water partition coefficient (Wildman–Crippen LogP) is 5.14. The highest BCUT2D eigenvalue weighted by molar-refractivity contribution is 6.30. The maximum Gasteiger partial charge on any atom is 0.142 e. The van der Waals surface area contributed by atoms with Crippen molar-refractivity contribution < 1.29 is 4.74 Å². The van der Waals surface area contributed by atoms with Crippen molar-refractivity contribution in [2.24, 2.45) is 0 Å². The highest BCUT2D eigenvalue weighted by Crippen LogP contribution is 2.31. The Labute approximate surface area is 125 Å². The molecule has 0 radical (unpaired) electrons. The first-order chi connectivity index (χ1) is 9.51. The van der Waals surface area contributed by atoms with Gasteiger partial charge in [0.05, 0.1) is 12.8 Å². The van der Waals surface area contributed by atoms with Gasteiger partial charge in [-0.25, -0.2) is 0 Å². The number of ether oxygens (including phenoxy) is 1. The minimum atomic E-state index is 0.182. The van der Waals surface area contributed by atoms with Crippen molar-refractivity contribution in [3.63, 3.8) is 0 Å². The molecule has 0 aliphatic carbocycles. The van der Waals surface area contributed by atoms with Crippen molar-refractivity contribution >= 4 is 17.3 Å². The summed E-state index contributed by atoms with van der Waals surface area (Å²) in [5.41, 5.74) is 4.76. The van der Waals surface area contributed by atoms with Crippen molar-refractivity contribution in [3.8, 4) is 5.75 Å². The molecule has 1 N–H and O–H groups in total. The molecule has 2 aromatic carbocycles. The van der Waals surface area contributed by atoms with Crippen LogP contribution in [0.5, 0.6) is 5.75 Å². The van der Waals surface area contributed by atoms with Gasteiger partial charge < -0.3 is 10.1 Å². The molecule has 0 saturated heterocycles. The quantitative estimate of drug-likeness (QED) is 0.841. The largest absolute Gasteiger partial charge is 0.495 e. The average molecular weight is 290 g/mol. The second kappa shape index (κ2) is 6.19. The molecule has 2 nitrogen and oxygen atoms in total. The van der Waals surface area contributed by atoms with Crippen molar-refractivity contribution in [1.29, 1.82) is 0 Å². The van der Waals surface area contributed by atoms with E-state index in [0.29, 0.717) is 5.02 Å². The van der Waals surface area contributed by atoms with Gasteiger partial charge in [-0.15, -0.1) is 0 Å². The minimum absolute atomic E-state index is 0.182. The lowest BCUT2D eigenvalue weighted by atomic mass is 10.0. The fourth-order valence-electron chi connectivity index (χ4n) is 2.14. The van der Waals surface area contributed by atoms with Gasteiger partial charge in [0.2, 0.25) is 0 Å². The summed E-state index contributed by atoms with van der Waals surface area (Å²) in [4.78, 5) is 0. The Balaban J connectivity index is 2.24. The third-order valence-electron chi connectivity index (χ3n) is 3.56. The number of halogens is 1. The van der Waals surface area contributed by atoms with Gasteiger partial charge in [-0.2, -0.15) is 0 Å². The zero-order valence-electron chi connectivity index (χ0n) is 12.3. The van der Waals surface area contributed by atoms with E-state index in [1.165, 1.54) is 16.7 Å². The van der Waals surface area contributed by atoms with Gasteiger partial charge in [-0.1, -0.05) is 29.8 Å². The summed E-state index contributed by atoms with van der Waals surface area (Å²) in [7, 11) is 1.66. The van der Waals surface area contributed by atoms with E-state index in [1.807, 2.05) is 18.2 Å². The van der Waals surface area contributed by atoms with Crippen LogP contribution in [-0.4, -0.2) is 7.11 Å². The number of hydrogen-bond acceptors (Lipinski definition) is 2. The molecule has 0 aliphatic heterocycles. The zero-order valence-corrected chi connectivity index (χ0v) is 13.1. The Morgan fingerprint density at radius 2 is 1.80 bits per heavy atom. The third kappa shape index (κ3) is 3.26. The molecule has 2 aromatic rings. The molecule has 2 rings (SSSR count). The Morgan fingerprint density at radius 3 is 2.45 bits per heavy atom. The van der Waals surface area contributed by atoms with E-state index in [0.717, 1.165) is 11.4 Å². The lowest BCUT2D eigenvalue weighted by Gasteiger charge is -2.19. The molecular formula is C17H20ClNO. The molecular weight excluding hydrogens is 270 g/mol. The Kier molecular flexibility index (Phi) is 4.56. The van der Waals surface area contributed by atoms with Gasteiger partial charge in [-0.3, -0.25) is 0 Å². The molecule has 0 heterocycles. The maximum atomic E-state index is 6.05. The first-order valence-electron chi connectivity index (χ1n) is 6.68. The molecule has 1 unspecified atom stereocenters. The topological polar surface area (TPSA) is 21.3 Å². The van der Waals surface area contributed by atoms with Crippen LogP contribution in [0, 0.1) is 13.8 Å². The van der Waals surface area contributed by atoms with E-state index in [-0.39, 0.29) is 6.04 Å². The molecule has 0 bridgehead atoms. The summed E-state index contributed by atoms with van der Waals surface area (Å²) in [5.74, 6) is 0.796. The van der Waals surface area contributed by atoms with Crippen molar-refractivity contribution in [2.45, 2.75) is 26.8 Å². The molecule has 20 heavy (non-hydrogen) atoms. The van der Waals surface area contributed by atoms with Gasteiger partial charge in [0.1, 0.15) is 5.75 Å². The summed E-state index contributed by atoms with van der Waals surface area (Å²) in [6.07, 6.45) is 0. The van der Waals surface area contributed by atoms with Crippen LogP contribution in [0.3, 0.4) is 0 Å². The van der Waals surface area contributed by atoms with Crippen LogP contribution in [-0.2, 0) is 0 Å². The lowest BCUT2D eigenvalue weighted by molar-refractivity contribution is 0.416. The van der Waals surface area contributed by atoms with Crippen LogP contribution < -0.4 is 10.1 Å². The number of benzene rings is 2. The van der Waals surface area contributed by atoms with E-state index < -0.39 is 0 Å². The monoisotopic (exact) mass is 289 g/mol. The first kappa shape index (κ1) is 14.7. The van der Waals surface area contributed by atoms with Gasteiger partial charge in [0, 0.05) is 11.1 Å². The molecule has 0 amide bonds. The summed E-state index contributed by atoms with van der Waals surface area (Å²) in [6, 6.07) is 12.3. The standard InChI is InChI=1S/C17H20ClNO/c1-11-5-6-14(9-12(11)2)13(3)19-16-10-15(18)7-8-17(16)20-4/h5-10,13,19H,1-4H3. The molecule has 0 saturated carbocycles. The summed E-state index contributed by atoms with van der Waals surface area (Å²) >= 11 is 6.05. The predicted molar refractivity (Wildman–Crippen MR) is 86.0 cm³/mol. The SMILES string of the molecule is COc1ccc(Cl)cc1NC(C)c1ccc(C)c(C)c1. The Bertz CT molecular complexity index is 610. The van der Waals surface area contributed by atoms with E-state index >= 15 is 0 Å². The van der Waals surface area contributed by atoms with Crippen molar-refractivity contribution in [1.82, 2.24) is 0 Å². The van der Waals surface area contributed by atoms with Gasteiger partial charge in [-0.05, 0) is 55.7 Å². The molecule has 1 atom stereocenters. The smallest absolute Gasteiger partial charge is 0.142 e. The van der Waals surface area contributed by atoms with Crippen LogP contribution in [0.1, 0.15) is 29.7 Å². The number of hydrogen-bond donors (Lipinski definition) is 1. The second-order valence-electron chi connectivity index (χ2n) is 5.05. The molecule has 106 valence electrons. The molecule has 0 aliphatic rings. The highest BCUT2D eigenvalue weighted by atomic mass is 35.5. The van der Waals surface area contributed by atoms with Gasteiger partial charge in [0.15, 0.2) is 0 Å². The maximum absolute atomic E-state index is 6.05.